The zero-order valence-electron chi connectivity index (χ0n) is 19.7. The summed E-state index contributed by atoms with van der Waals surface area (Å²) in [6.45, 7) is 2.54. The maximum atomic E-state index is 13.3. The van der Waals surface area contributed by atoms with E-state index in [-0.39, 0.29) is 29.8 Å². The number of aromatic amines is 1. The van der Waals surface area contributed by atoms with Crippen LogP contribution in [-0.4, -0.2) is 33.6 Å². The Labute approximate surface area is 209 Å². The lowest BCUT2D eigenvalue weighted by Crippen LogP contribution is -2.36. The van der Waals surface area contributed by atoms with E-state index in [4.69, 9.17) is 4.52 Å². The zero-order chi connectivity index (χ0) is 25.3. The zero-order valence-corrected chi connectivity index (χ0v) is 20.5. The van der Waals surface area contributed by atoms with Gasteiger partial charge in [-0.25, -0.2) is 4.98 Å². The molecule has 36 heavy (non-hydrogen) atoms. The van der Waals surface area contributed by atoms with E-state index in [9.17, 15) is 18.0 Å². The number of hydrogen-bond donors (Lipinski definition) is 2. The smallest absolute Gasteiger partial charge is 0.361 e. The number of nitrogens with zero attached hydrogens (tertiary/aromatic N) is 3. The summed E-state index contributed by atoms with van der Waals surface area (Å²) in [5, 5.41) is 8.03. The van der Waals surface area contributed by atoms with Crippen molar-refractivity contribution in [3.63, 3.8) is 0 Å². The van der Waals surface area contributed by atoms with Crippen LogP contribution < -0.4 is 10.2 Å². The molecule has 1 unspecified atom stereocenters. The van der Waals surface area contributed by atoms with Gasteiger partial charge in [0.25, 0.3) is 5.91 Å². The van der Waals surface area contributed by atoms with Crippen molar-refractivity contribution in [3.05, 3.63) is 64.1 Å². The second-order valence-electron chi connectivity index (χ2n) is 8.99. The number of unbranched alkanes of at least 4 members (excludes halogenated alkanes) is 1. The van der Waals surface area contributed by atoms with Gasteiger partial charge in [-0.2, -0.15) is 13.2 Å². The molecule has 0 bridgehead atoms. The molecule has 4 heterocycles. The van der Waals surface area contributed by atoms with Crippen molar-refractivity contribution in [2.75, 3.05) is 11.4 Å². The Kier molecular flexibility index (Phi) is 6.74. The fourth-order valence-electron chi connectivity index (χ4n) is 4.61. The maximum absolute atomic E-state index is 13.3. The predicted octanol–water partition coefficient (Wildman–Crippen LogP) is 5.73. The van der Waals surface area contributed by atoms with Crippen LogP contribution in [0.15, 0.2) is 41.2 Å². The molecule has 1 amide bonds. The Balaban J connectivity index is 1.28. The average molecular weight is 518 g/mol. The van der Waals surface area contributed by atoms with Gasteiger partial charge in [0.2, 0.25) is 0 Å². The van der Waals surface area contributed by atoms with Gasteiger partial charge in [0.15, 0.2) is 10.8 Å². The first-order chi connectivity index (χ1) is 17.3. The van der Waals surface area contributed by atoms with E-state index >= 15 is 0 Å². The van der Waals surface area contributed by atoms with Crippen LogP contribution in [0.5, 0.6) is 0 Å². The normalized spacial score (nSPS) is 14.7. The van der Waals surface area contributed by atoms with Gasteiger partial charge < -0.3 is 19.7 Å². The van der Waals surface area contributed by atoms with Crippen molar-refractivity contribution >= 4 is 33.3 Å². The Morgan fingerprint density at radius 2 is 2.17 bits per heavy atom. The lowest BCUT2D eigenvalue weighted by atomic mass is 10.0. The summed E-state index contributed by atoms with van der Waals surface area (Å²) in [7, 11) is 0. The van der Waals surface area contributed by atoms with Gasteiger partial charge in [-0.05, 0) is 24.5 Å². The van der Waals surface area contributed by atoms with Crippen LogP contribution in [-0.2, 0) is 25.6 Å². The number of rotatable bonds is 8. The molecular weight excluding hydrogens is 491 g/mol. The maximum Gasteiger partial charge on any atom is 0.437 e. The minimum atomic E-state index is -4.58. The molecule has 11 heteroatoms. The Morgan fingerprint density at radius 1 is 1.33 bits per heavy atom. The van der Waals surface area contributed by atoms with Crippen LogP contribution in [0, 0.1) is 0 Å². The lowest BCUT2D eigenvalue weighted by molar-refractivity contribution is -0.143. The standard InChI is InChI=1S/C25H26F3N5O2S/c1-2-3-6-16(11-15-12-29-19-8-5-4-7-17(15)19)31-23(34)21-13-30-24(36-21)33-10-9-20-18(14-33)22(32-35-20)25(26,27)28/h4-5,7-8,12-13,16,29H,2-3,6,9-11,14H2,1H3,(H,31,34). The summed E-state index contributed by atoms with van der Waals surface area (Å²) in [5.41, 5.74) is 1.25. The number of amides is 1. The first kappa shape index (κ1) is 24.4. The first-order valence-electron chi connectivity index (χ1n) is 11.9. The number of benzene rings is 1. The minimum absolute atomic E-state index is 0.0120. The highest BCUT2D eigenvalue weighted by Gasteiger charge is 2.41. The summed E-state index contributed by atoms with van der Waals surface area (Å²) < 4.78 is 44.7. The molecule has 3 aromatic heterocycles. The van der Waals surface area contributed by atoms with Crippen molar-refractivity contribution in [3.8, 4) is 0 Å². The van der Waals surface area contributed by atoms with Crippen molar-refractivity contribution in [1.82, 2.24) is 20.4 Å². The minimum Gasteiger partial charge on any atom is -0.361 e. The largest absolute Gasteiger partial charge is 0.437 e. The summed E-state index contributed by atoms with van der Waals surface area (Å²) in [6, 6.07) is 8.03. The summed E-state index contributed by atoms with van der Waals surface area (Å²) >= 11 is 1.18. The number of hydrogen-bond acceptors (Lipinski definition) is 6. The van der Waals surface area contributed by atoms with Gasteiger partial charge in [0.05, 0.1) is 12.7 Å². The number of fused-ring (bicyclic) bond motifs is 2. The molecule has 190 valence electrons. The van der Waals surface area contributed by atoms with Gasteiger partial charge in [-0.3, -0.25) is 4.79 Å². The molecular formula is C25H26F3N5O2S. The van der Waals surface area contributed by atoms with E-state index in [1.807, 2.05) is 24.4 Å². The quantitative estimate of drug-likeness (QED) is 0.312. The molecule has 1 aliphatic rings. The van der Waals surface area contributed by atoms with Gasteiger partial charge >= 0.3 is 6.18 Å². The number of carbonyl (C=O) groups is 1. The first-order valence-corrected chi connectivity index (χ1v) is 12.8. The number of halogens is 3. The third kappa shape index (κ3) is 4.97. The highest BCUT2D eigenvalue weighted by Crippen LogP contribution is 2.36. The van der Waals surface area contributed by atoms with Crippen LogP contribution >= 0.6 is 11.3 Å². The number of anilines is 1. The van der Waals surface area contributed by atoms with Gasteiger partial charge in [-0.1, -0.05) is 54.5 Å². The summed E-state index contributed by atoms with van der Waals surface area (Å²) in [4.78, 5) is 22.9. The molecule has 4 aromatic rings. The van der Waals surface area contributed by atoms with Crippen LogP contribution in [0.3, 0.4) is 0 Å². The van der Waals surface area contributed by atoms with E-state index in [1.165, 1.54) is 17.5 Å². The number of H-pyrrole nitrogens is 1. The second-order valence-corrected chi connectivity index (χ2v) is 9.99. The van der Waals surface area contributed by atoms with Gasteiger partial charge in [-0.15, -0.1) is 0 Å². The molecule has 1 atom stereocenters. The van der Waals surface area contributed by atoms with Crippen LogP contribution in [0.25, 0.3) is 10.9 Å². The van der Waals surface area contributed by atoms with E-state index in [1.54, 1.807) is 4.90 Å². The van der Waals surface area contributed by atoms with Gasteiger partial charge in [0, 0.05) is 41.7 Å². The average Bonchev–Trinajstić information content (AvgIpc) is 3.60. The molecule has 0 saturated carbocycles. The third-order valence-electron chi connectivity index (χ3n) is 6.47. The Hall–Kier alpha value is -3.34. The molecule has 0 spiro atoms. The molecule has 0 aliphatic carbocycles. The lowest BCUT2D eigenvalue weighted by Gasteiger charge is -2.25. The highest BCUT2D eigenvalue weighted by atomic mass is 32.1. The topological polar surface area (TPSA) is 87.0 Å². The molecule has 0 fully saturated rings. The SMILES string of the molecule is CCCCC(Cc1c[nH]c2ccccc12)NC(=O)c1cnc(N2CCc3onc(C(F)(F)F)c3C2)s1. The molecule has 0 saturated heterocycles. The Morgan fingerprint density at radius 3 is 2.97 bits per heavy atom. The number of thiazole rings is 1. The van der Waals surface area contributed by atoms with Crippen molar-refractivity contribution in [2.24, 2.45) is 0 Å². The number of nitrogens with one attached hydrogen (secondary N) is 2. The Bertz CT molecular complexity index is 1360. The monoisotopic (exact) mass is 517 g/mol. The predicted molar refractivity (Wildman–Crippen MR) is 131 cm³/mol. The number of alkyl halides is 3. The van der Waals surface area contributed by atoms with E-state index in [2.05, 4.69) is 33.4 Å². The number of para-hydroxylation sites is 1. The molecule has 5 rings (SSSR count). The highest BCUT2D eigenvalue weighted by molar-refractivity contribution is 7.17. The van der Waals surface area contributed by atoms with Crippen molar-refractivity contribution < 1.29 is 22.5 Å². The van der Waals surface area contributed by atoms with Crippen LogP contribution in [0.4, 0.5) is 18.3 Å². The van der Waals surface area contributed by atoms with Crippen LogP contribution in [0.1, 0.15) is 58.4 Å². The van der Waals surface area contributed by atoms with Crippen LogP contribution in [0.2, 0.25) is 0 Å². The molecule has 2 N–H and O–H groups in total. The summed E-state index contributed by atoms with van der Waals surface area (Å²) in [5.74, 6) is 0.0301. The number of carbonyl (C=O) groups excluding carboxylic acids is 1. The molecule has 0 radical (unpaired) electrons. The fraction of sp³-hybridized carbons (Fsp3) is 0.400. The molecule has 1 aromatic carbocycles. The third-order valence-corrected chi connectivity index (χ3v) is 7.52. The van der Waals surface area contributed by atoms with Crippen molar-refractivity contribution in [1.29, 1.82) is 0 Å². The fourth-order valence-corrected chi connectivity index (χ4v) is 5.45. The van der Waals surface area contributed by atoms with Crippen molar-refractivity contribution in [2.45, 2.75) is 57.8 Å². The van der Waals surface area contributed by atoms with E-state index in [0.717, 1.165) is 35.7 Å². The second kappa shape index (κ2) is 9.96. The number of aromatic nitrogens is 3. The van der Waals surface area contributed by atoms with E-state index < -0.39 is 11.9 Å². The molecule has 7 nitrogen and oxygen atoms in total. The van der Waals surface area contributed by atoms with Gasteiger partial charge in [0.1, 0.15) is 10.6 Å². The summed E-state index contributed by atoms with van der Waals surface area (Å²) in [6.07, 6.45) is 2.74. The van der Waals surface area contributed by atoms with E-state index in [0.29, 0.717) is 29.4 Å². The molecule has 1 aliphatic heterocycles.